The van der Waals surface area contributed by atoms with Gasteiger partial charge >= 0.3 is 6.18 Å². The van der Waals surface area contributed by atoms with E-state index in [1.807, 2.05) is 0 Å². The van der Waals surface area contributed by atoms with E-state index in [0.29, 0.717) is 28.9 Å². The molecule has 0 bridgehead atoms. The topological polar surface area (TPSA) is 70.8 Å². The highest BCUT2D eigenvalue weighted by Crippen LogP contribution is 2.37. The van der Waals surface area contributed by atoms with Gasteiger partial charge in [-0.2, -0.15) is 23.1 Å². The van der Waals surface area contributed by atoms with Crippen LogP contribution in [0.5, 0.6) is 0 Å². The Kier molecular flexibility index (Phi) is 5.76. The molecule has 7 nitrogen and oxygen atoms in total. The molecule has 2 aliphatic rings. The van der Waals surface area contributed by atoms with Crippen LogP contribution in [-0.2, 0) is 10.9 Å². The first-order valence-corrected chi connectivity index (χ1v) is 10.1. The van der Waals surface area contributed by atoms with E-state index >= 15 is 0 Å². The van der Waals surface area contributed by atoms with Gasteiger partial charge in [-0.3, -0.25) is 4.90 Å². The minimum atomic E-state index is -4.43. The van der Waals surface area contributed by atoms with Crippen LogP contribution in [-0.4, -0.2) is 67.4 Å². The van der Waals surface area contributed by atoms with Gasteiger partial charge in [0.1, 0.15) is 11.6 Å². The van der Waals surface area contributed by atoms with Gasteiger partial charge in [0, 0.05) is 45.0 Å². The summed E-state index contributed by atoms with van der Waals surface area (Å²) in [4.78, 5) is 14.8. The lowest BCUT2D eigenvalue weighted by Crippen LogP contribution is -2.62. The van der Waals surface area contributed by atoms with Gasteiger partial charge in [0.25, 0.3) is 0 Å². The molecule has 2 N–H and O–H groups in total. The Morgan fingerprint density at radius 1 is 1.23 bits per heavy atom. The van der Waals surface area contributed by atoms with E-state index in [9.17, 15) is 13.2 Å². The molecule has 10 heteroatoms. The number of benzene rings is 1. The highest BCUT2D eigenvalue weighted by molar-refractivity contribution is 5.79. The monoisotopic (exact) mass is 434 g/mol. The van der Waals surface area contributed by atoms with Crippen LogP contribution < -0.4 is 15.5 Å². The highest BCUT2D eigenvalue weighted by Gasteiger charge is 2.35. The van der Waals surface area contributed by atoms with Crippen molar-refractivity contribution in [3.05, 3.63) is 42.0 Å². The fraction of sp³-hybridized carbons (Fsp3) is 0.429. The number of nitrogens with two attached hydrogens (primary N) is 1. The van der Waals surface area contributed by atoms with Crippen molar-refractivity contribution in [1.82, 2.24) is 14.9 Å². The second kappa shape index (κ2) is 8.35. The largest absolute Gasteiger partial charge is 0.416 e. The van der Waals surface area contributed by atoms with Crippen LogP contribution in [0.3, 0.4) is 0 Å². The van der Waals surface area contributed by atoms with E-state index in [2.05, 4.69) is 26.3 Å². The number of nitrogens with zero attached hydrogens (tertiary/aromatic N) is 5. The Bertz CT molecular complexity index is 955. The zero-order chi connectivity index (χ0) is 22.2. The third kappa shape index (κ3) is 4.31. The van der Waals surface area contributed by atoms with Crippen LogP contribution in [0, 0.1) is 0 Å². The normalized spacial score (nSPS) is 18.0. The third-order valence-corrected chi connectivity index (χ3v) is 5.73. The molecule has 2 fully saturated rings. The summed E-state index contributed by atoms with van der Waals surface area (Å²) < 4.78 is 44.9. The second-order valence-corrected chi connectivity index (χ2v) is 7.66. The molecular weight excluding hydrogens is 409 g/mol. The minimum Gasteiger partial charge on any atom is -0.379 e. The lowest BCUT2D eigenvalue weighted by atomic mass is 10.1. The summed E-state index contributed by atoms with van der Waals surface area (Å²) in [5.41, 5.74) is 6.23. The van der Waals surface area contributed by atoms with Crippen molar-refractivity contribution in [2.75, 3.05) is 62.0 Å². The van der Waals surface area contributed by atoms with E-state index < -0.39 is 11.7 Å². The number of nitrogen functional groups attached to an aromatic ring is 1. The number of hydrogen-bond acceptors (Lipinski definition) is 7. The lowest BCUT2D eigenvalue weighted by molar-refractivity contribution is -0.137. The first kappa shape index (κ1) is 21.4. The number of ether oxygens (including phenoxy) is 1. The van der Waals surface area contributed by atoms with Crippen molar-refractivity contribution in [2.24, 2.45) is 0 Å². The standard InChI is InChI=1S/C21H25F3N6O/c1-3-17-18(28(2)15-6-4-5-14(11-15)21(22,23)24)26-20(25)27-19(17)30-12-16(13-30)29-7-9-31-10-8-29/h3-6,11,16H,1,7-10,12-13H2,2H3,(H2,25,26,27). The number of alkyl halides is 3. The molecule has 0 atom stereocenters. The molecule has 0 unspecified atom stereocenters. The molecule has 1 aromatic heterocycles. The summed E-state index contributed by atoms with van der Waals surface area (Å²) in [6.45, 7) is 8.73. The molecule has 3 heterocycles. The zero-order valence-corrected chi connectivity index (χ0v) is 17.3. The highest BCUT2D eigenvalue weighted by atomic mass is 19.4. The molecule has 2 aliphatic heterocycles. The average Bonchev–Trinajstić information content (AvgIpc) is 2.72. The van der Waals surface area contributed by atoms with Gasteiger partial charge in [0.2, 0.25) is 5.95 Å². The summed E-state index contributed by atoms with van der Waals surface area (Å²) in [5.74, 6) is 1.11. The van der Waals surface area contributed by atoms with E-state index in [0.717, 1.165) is 51.5 Å². The van der Waals surface area contributed by atoms with E-state index in [4.69, 9.17) is 10.5 Å². The number of hydrogen-bond donors (Lipinski definition) is 1. The zero-order valence-electron chi connectivity index (χ0n) is 17.3. The Morgan fingerprint density at radius 3 is 2.58 bits per heavy atom. The Labute approximate surface area is 178 Å². The third-order valence-electron chi connectivity index (χ3n) is 5.73. The summed E-state index contributed by atoms with van der Waals surface area (Å²) in [6, 6.07) is 5.50. The first-order chi connectivity index (χ1) is 14.8. The summed E-state index contributed by atoms with van der Waals surface area (Å²) in [6.07, 6.45) is -2.81. The molecule has 0 radical (unpaired) electrons. The second-order valence-electron chi connectivity index (χ2n) is 7.66. The van der Waals surface area contributed by atoms with E-state index in [1.54, 1.807) is 24.1 Å². The predicted molar refractivity (Wildman–Crippen MR) is 114 cm³/mol. The van der Waals surface area contributed by atoms with Gasteiger partial charge in [-0.15, -0.1) is 0 Å². The van der Waals surface area contributed by atoms with Crippen LogP contribution in [0.15, 0.2) is 30.8 Å². The smallest absolute Gasteiger partial charge is 0.379 e. The van der Waals surface area contributed by atoms with E-state index in [-0.39, 0.29) is 5.95 Å². The molecule has 2 aromatic rings. The number of morpholine rings is 1. The molecule has 2 saturated heterocycles. The van der Waals surface area contributed by atoms with Crippen molar-refractivity contribution >= 4 is 29.3 Å². The van der Waals surface area contributed by atoms with Gasteiger partial charge in [0.05, 0.1) is 24.3 Å². The van der Waals surface area contributed by atoms with Crippen LogP contribution in [0.4, 0.5) is 36.4 Å². The SMILES string of the molecule is C=Cc1c(N2CC(N3CCOCC3)C2)nc(N)nc1N(C)c1cccc(C(F)(F)F)c1. The molecule has 0 saturated carbocycles. The maximum absolute atomic E-state index is 13.2. The lowest BCUT2D eigenvalue weighted by Gasteiger charge is -2.47. The van der Waals surface area contributed by atoms with E-state index in [1.165, 1.54) is 6.07 Å². The van der Waals surface area contributed by atoms with Crippen LogP contribution in [0.25, 0.3) is 6.08 Å². The summed E-state index contributed by atoms with van der Waals surface area (Å²) in [7, 11) is 1.65. The van der Waals surface area contributed by atoms with Gasteiger partial charge in [-0.25, -0.2) is 0 Å². The van der Waals surface area contributed by atoms with Gasteiger partial charge < -0.3 is 20.3 Å². The maximum Gasteiger partial charge on any atom is 0.416 e. The number of halogens is 3. The number of anilines is 4. The molecule has 0 aliphatic carbocycles. The Hall–Kier alpha value is -2.85. The van der Waals surface area contributed by atoms with Crippen LogP contribution >= 0.6 is 0 Å². The maximum atomic E-state index is 13.2. The summed E-state index contributed by atoms with van der Waals surface area (Å²) >= 11 is 0. The van der Waals surface area contributed by atoms with Crippen molar-refractivity contribution in [3.63, 3.8) is 0 Å². The molecule has 4 rings (SSSR count). The minimum absolute atomic E-state index is 0.0595. The Morgan fingerprint density at radius 2 is 1.94 bits per heavy atom. The fourth-order valence-corrected chi connectivity index (χ4v) is 3.96. The predicted octanol–water partition coefficient (Wildman–Crippen LogP) is 3.01. The van der Waals surface area contributed by atoms with Crippen molar-refractivity contribution in [1.29, 1.82) is 0 Å². The molecule has 0 spiro atoms. The number of rotatable bonds is 5. The molecule has 0 amide bonds. The quantitative estimate of drug-likeness (QED) is 0.776. The summed E-state index contributed by atoms with van der Waals surface area (Å²) in [5, 5.41) is 0. The molecule has 166 valence electrons. The molecule has 31 heavy (non-hydrogen) atoms. The van der Waals surface area contributed by atoms with Crippen molar-refractivity contribution in [2.45, 2.75) is 12.2 Å². The first-order valence-electron chi connectivity index (χ1n) is 10.1. The van der Waals surface area contributed by atoms with Gasteiger partial charge in [0.15, 0.2) is 0 Å². The average molecular weight is 434 g/mol. The molecule has 1 aromatic carbocycles. The van der Waals surface area contributed by atoms with Crippen molar-refractivity contribution in [3.8, 4) is 0 Å². The fourth-order valence-electron chi connectivity index (χ4n) is 3.96. The van der Waals surface area contributed by atoms with Crippen molar-refractivity contribution < 1.29 is 17.9 Å². The van der Waals surface area contributed by atoms with Crippen LogP contribution in [0.1, 0.15) is 11.1 Å². The number of aromatic nitrogens is 2. The van der Waals surface area contributed by atoms with Crippen LogP contribution in [0.2, 0.25) is 0 Å². The van der Waals surface area contributed by atoms with Gasteiger partial charge in [-0.05, 0) is 18.2 Å². The van der Waals surface area contributed by atoms with Gasteiger partial charge in [-0.1, -0.05) is 18.7 Å². The Balaban J connectivity index is 1.61. The molecular formula is C21H25F3N6O.